The zero-order chi connectivity index (χ0) is 21.0. The van der Waals surface area contributed by atoms with Crippen molar-refractivity contribution in [3.63, 3.8) is 0 Å². The SMILES string of the molecule is N#Cc1ccc2c(c1)N(c1ccc(Oc3cccc(N4CCOCC4)c3)cn1)CCO2. The number of hydrogen-bond donors (Lipinski definition) is 0. The Morgan fingerprint density at radius 1 is 0.935 bits per heavy atom. The Morgan fingerprint density at radius 3 is 2.65 bits per heavy atom. The zero-order valence-corrected chi connectivity index (χ0v) is 17.0. The predicted molar refractivity (Wildman–Crippen MR) is 117 cm³/mol. The van der Waals surface area contributed by atoms with E-state index in [0.717, 1.165) is 55.0 Å². The normalized spacial score (nSPS) is 15.6. The number of nitriles is 1. The third-order valence-corrected chi connectivity index (χ3v) is 5.38. The molecule has 2 aliphatic heterocycles. The monoisotopic (exact) mass is 414 g/mol. The molecule has 1 fully saturated rings. The molecule has 0 saturated carbocycles. The lowest BCUT2D eigenvalue weighted by molar-refractivity contribution is 0.122. The van der Waals surface area contributed by atoms with E-state index in [9.17, 15) is 5.26 Å². The molecule has 7 heteroatoms. The van der Waals surface area contributed by atoms with Crippen LogP contribution in [0.3, 0.4) is 0 Å². The summed E-state index contributed by atoms with van der Waals surface area (Å²) in [5, 5.41) is 9.22. The van der Waals surface area contributed by atoms with Crippen molar-refractivity contribution in [3.05, 3.63) is 66.4 Å². The van der Waals surface area contributed by atoms with Crippen molar-refractivity contribution in [2.75, 3.05) is 49.3 Å². The van der Waals surface area contributed by atoms with Crippen LogP contribution < -0.4 is 19.3 Å². The topological polar surface area (TPSA) is 70.9 Å². The van der Waals surface area contributed by atoms with Crippen molar-refractivity contribution in [1.82, 2.24) is 4.98 Å². The highest BCUT2D eigenvalue weighted by Crippen LogP contribution is 2.37. The van der Waals surface area contributed by atoms with Gasteiger partial charge in [0.2, 0.25) is 0 Å². The minimum Gasteiger partial charge on any atom is -0.490 e. The van der Waals surface area contributed by atoms with Gasteiger partial charge < -0.3 is 24.0 Å². The molecule has 2 aromatic carbocycles. The van der Waals surface area contributed by atoms with Gasteiger partial charge >= 0.3 is 0 Å². The van der Waals surface area contributed by atoms with Crippen molar-refractivity contribution < 1.29 is 14.2 Å². The highest BCUT2D eigenvalue weighted by Gasteiger charge is 2.21. The van der Waals surface area contributed by atoms with Gasteiger partial charge in [-0.2, -0.15) is 5.26 Å². The second kappa shape index (κ2) is 8.54. The van der Waals surface area contributed by atoms with Crippen molar-refractivity contribution in [2.24, 2.45) is 0 Å². The molecule has 7 nitrogen and oxygen atoms in total. The van der Waals surface area contributed by atoms with Gasteiger partial charge in [0, 0.05) is 24.8 Å². The molecule has 0 amide bonds. The number of aromatic nitrogens is 1. The van der Waals surface area contributed by atoms with E-state index in [2.05, 4.69) is 26.9 Å². The molecule has 0 aliphatic carbocycles. The number of pyridine rings is 1. The Balaban J connectivity index is 1.33. The molecule has 1 aromatic heterocycles. The third-order valence-electron chi connectivity index (χ3n) is 5.38. The fraction of sp³-hybridized carbons (Fsp3) is 0.250. The maximum absolute atomic E-state index is 9.22. The summed E-state index contributed by atoms with van der Waals surface area (Å²) in [5.41, 5.74) is 2.57. The molecule has 3 aromatic rings. The second-order valence-electron chi connectivity index (χ2n) is 7.35. The first-order valence-electron chi connectivity index (χ1n) is 10.3. The molecule has 0 unspecified atom stereocenters. The number of nitrogens with zero attached hydrogens (tertiary/aromatic N) is 4. The largest absolute Gasteiger partial charge is 0.490 e. The number of morpholine rings is 1. The number of fused-ring (bicyclic) bond motifs is 1. The van der Waals surface area contributed by atoms with Gasteiger partial charge in [0.05, 0.1) is 43.3 Å². The average Bonchev–Trinajstić information content (AvgIpc) is 2.84. The van der Waals surface area contributed by atoms with Crippen LogP contribution in [-0.4, -0.2) is 44.4 Å². The fourth-order valence-electron chi connectivity index (χ4n) is 3.82. The van der Waals surface area contributed by atoms with Gasteiger partial charge in [-0.25, -0.2) is 4.98 Å². The summed E-state index contributed by atoms with van der Waals surface area (Å²) in [6.45, 7) is 4.49. The lowest BCUT2D eigenvalue weighted by Gasteiger charge is -2.30. The van der Waals surface area contributed by atoms with E-state index in [4.69, 9.17) is 14.2 Å². The molecule has 31 heavy (non-hydrogen) atoms. The Bertz CT molecular complexity index is 1100. The van der Waals surface area contributed by atoms with Crippen LogP contribution in [0.25, 0.3) is 0 Å². The van der Waals surface area contributed by atoms with Crippen molar-refractivity contribution in [3.8, 4) is 23.3 Å². The first-order chi connectivity index (χ1) is 15.3. The number of anilines is 3. The quantitative estimate of drug-likeness (QED) is 0.636. The lowest BCUT2D eigenvalue weighted by atomic mass is 10.1. The third kappa shape index (κ3) is 4.11. The van der Waals surface area contributed by atoms with Crippen LogP contribution in [0, 0.1) is 11.3 Å². The van der Waals surface area contributed by atoms with E-state index in [1.807, 2.05) is 42.5 Å². The molecule has 0 bridgehead atoms. The minimum atomic E-state index is 0.563. The Kier molecular flexibility index (Phi) is 5.29. The summed E-state index contributed by atoms with van der Waals surface area (Å²) in [6, 6.07) is 19.5. The van der Waals surface area contributed by atoms with E-state index in [0.29, 0.717) is 24.5 Å². The van der Waals surface area contributed by atoms with Gasteiger partial charge in [0.15, 0.2) is 0 Å². The predicted octanol–water partition coefficient (Wildman–Crippen LogP) is 4.11. The van der Waals surface area contributed by atoms with Crippen LogP contribution in [0.15, 0.2) is 60.8 Å². The first-order valence-corrected chi connectivity index (χ1v) is 10.3. The van der Waals surface area contributed by atoms with Crippen molar-refractivity contribution in [1.29, 1.82) is 5.26 Å². The molecule has 0 radical (unpaired) electrons. The maximum Gasteiger partial charge on any atom is 0.145 e. The summed E-state index contributed by atoms with van der Waals surface area (Å²) in [7, 11) is 0. The number of benzene rings is 2. The number of ether oxygens (including phenoxy) is 3. The molecular formula is C24H22N4O3. The molecule has 0 spiro atoms. The standard InChI is InChI=1S/C24H22N4O3/c25-16-18-4-6-23-22(14-18)28(10-13-30-23)24-7-5-21(17-26-24)31-20-3-1-2-19(15-20)27-8-11-29-12-9-27/h1-7,14-15,17H,8-13H2. The Hall–Kier alpha value is -3.76. The molecule has 2 aliphatic rings. The molecule has 1 saturated heterocycles. The Morgan fingerprint density at radius 2 is 1.84 bits per heavy atom. The van der Waals surface area contributed by atoms with Crippen LogP contribution >= 0.6 is 0 Å². The van der Waals surface area contributed by atoms with Crippen LogP contribution in [0.2, 0.25) is 0 Å². The summed E-state index contributed by atoms with van der Waals surface area (Å²) in [4.78, 5) is 8.95. The molecular weight excluding hydrogens is 392 g/mol. The number of rotatable bonds is 4. The second-order valence-corrected chi connectivity index (χ2v) is 7.35. The van der Waals surface area contributed by atoms with E-state index < -0.39 is 0 Å². The van der Waals surface area contributed by atoms with Gasteiger partial charge in [-0.05, 0) is 42.5 Å². The summed E-state index contributed by atoms with van der Waals surface area (Å²) >= 11 is 0. The Labute approximate surface area is 181 Å². The summed E-state index contributed by atoms with van der Waals surface area (Å²) in [6.07, 6.45) is 1.72. The van der Waals surface area contributed by atoms with Gasteiger partial charge in [-0.3, -0.25) is 0 Å². The number of hydrogen-bond acceptors (Lipinski definition) is 7. The minimum absolute atomic E-state index is 0.563. The van der Waals surface area contributed by atoms with Crippen LogP contribution in [0.4, 0.5) is 17.2 Å². The highest BCUT2D eigenvalue weighted by atomic mass is 16.5. The molecule has 156 valence electrons. The smallest absolute Gasteiger partial charge is 0.145 e. The van der Waals surface area contributed by atoms with Gasteiger partial charge in [0.1, 0.15) is 29.7 Å². The van der Waals surface area contributed by atoms with Gasteiger partial charge in [-0.15, -0.1) is 0 Å². The van der Waals surface area contributed by atoms with Crippen LogP contribution in [0.5, 0.6) is 17.2 Å². The molecule has 5 rings (SSSR count). The molecule has 0 atom stereocenters. The van der Waals surface area contributed by atoms with Gasteiger partial charge in [0.25, 0.3) is 0 Å². The average molecular weight is 414 g/mol. The summed E-state index contributed by atoms with van der Waals surface area (Å²) < 4.78 is 17.2. The molecule has 0 N–H and O–H groups in total. The lowest BCUT2D eigenvalue weighted by Crippen LogP contribution is -2.36. The molecule has 3 heterocycles. The van der Waals surface area contributed by atoms with Crippen molar-refractivity contribution in [2.45, 2.75) is 0 Å². The first kappa shape index (κ1) is 19.2. The van der Waals surface area contributed by atoms with E-state index in [-0.39, 0.29) is 0 Å². The van der Waals surface area contributed by atoms with Crippen LogP contribution in [0.1, 0.15) is 5.56 Å². The van der Waals surface area contributed by atoms with E-state index >= 15 is 0 Å². The fourth-order valence-corrected chi connectivity index (χ4v) is 3.82. The van der Waals surface area contributed by atoms with Gasteiger partial charge in [-0.1, -0.05) is 6.07 Å². The van der Waals surface area contributed by atoms with E-state index in [1.54, 1.807) is 12.3 Å². The van der Waals surface area contributed by atoms with Crippen LogP contribution in [-0.2, 0) is 4.74 Å². The van der Waals surface area contributed by atoms with E-state index in [1.165, 1.54) is 0 Å². The zero-order valence-electron chi connectivity index (χ0n) is 17.0. The highest BCUT2D eigenvalue weighted by molar-refractivity contribution is 5.70. The maximum atomic E-state index is 9.22. The summed E-state index contributed by atoms with van der Waals surface area (Å²) in [5.74, 6) is 2.98. The van der Waals surface area contributed by atoms with Crippen molar-refractivity contribution >= 4 is 17.2 Å².